The van der Waals surface area contributed by atoms with E-state index in [4.69, 9.17) is 0 Å². The third-order valence-corrected chi connectivity index (χ3v) is 1.43. The molecule has 1 rings (SSSR count). The average molecular weight is 211 g/mol. The Morgan fingerprint density at radius 1 is 1.07 bits per heavy atom. The van der Waals surface area contributed by atoms with E-state index in [0.29, 0.717) is 5.54 Å². The first-order chi connectivity index (χ1) is 6.49. The van der Waals surface area contributed by atoms with Crippen molar-refractivity contribution in [2.24, 2.45) is 0 Å². The zero-order chi connectivity index (χ0) is 10.9. The Bertz CT molecular complexity index is 392. The van der Waals surface area contributed by atoms with Crippen LogP contribution in [-0.2, 0) is 0 Å². The molecule has 0 saturated heterocycles. The maximum absolute atomic E-state index is 12.7. The number of rotatable bonds is 1. The summed E-state index contributed by atoms with van der Waals surface area (Å²) in [5.41, 5.74) is -0.785. The maximum atomic E-state index is 12.7. The third-order valence-electron chi connectivity index (χ3n) is 1.43. The molecule has 0 saturated carbocycles. The molecule has 0 radical (unpaired) electrons. The number of nitrogens with one attached hydrogen (secondary N) is 1. The van der Waals surface area contributed by atoms with Gasteiger partial charge in [-0.25, -0.2) is 17.6 Å². The van der Waals surface area contributed by atoms with Crippen LogP contribution in [0.1, 0.15) is 10.4 Å². The molecule has 0 aliphatic rings. The molecule has 0 heterocycles. The lowest BCUT2D eigenvalue weighted by Crippen LogP contribution is -2.17. The first kappa shape index (κ1) is 10.4. The van der Waals surface area contributed by atoms with Crippen LogP contribution in [0.15, 0.2) is 6.07 Å². The average Bonchev–Trinajstić information content (AvgIpc) is 2.19. The van der Waals surface area contributed by atoms with Crippen LogP contribution in [0.2, 0.25) is 0 Å². The Hall–Kier alpha value is -1.66. The van der Waals surface area contributed by atoms with Gasteiger partial charge in [0.15, 0.2) is 23.3 Å². The van der Waals surface area contributed by atoms with Crippen molar-refractivity contribution >= 4 is 5.91 Å². The summed E-state index contributed by atoms with van der Waals surface area (Å²) in [7, 11) is 0. The van der Waals surface area contributed by atoms with Gasteiger partial charge in [-0.3, -0.25) is 4.79 Å². The molecule has 0 spiro atoms. The zero-order valence-corrected chi connectivity index (χ0v) is 6.38. The van der Waals surface area contributed by atoms with Gasteiger partial charge in [0.05, 0.1) is 5.56 Å². The zero-order valence-electron chi connectivity index (χ0n) is 6.38. The van der Waals surface area contributed by atoms with Crippen LogP contribution in [-0.4, -0.2) is 5.91 Å². The van der Waals surface area contributed by atoms with Crippen molar-refractivity contribution < 1.29 is 26.8 Å². The normalized spacial score (nSPS) is 10.1. The summed E-state index contributed by atoms with van der Waals surface area (Å²) in [4.78, 5) is 10.5. The van der Waals surface area contributed by atoms with Gasteiger partial charge in [-0.15, -0.1) is 0 Å². The molecule has 1 aromatic rings. The fourth-order valence-corrected chi connectivity index (χ4v) is 0.789. The molecule has 0 fully saturated rings. The highest BCUT2D eigenvalue weighted by Gasteiger charge is 2.22. The van der Waals surface area contributed by atoms with Crippen molar-refractivity contribution in [3.05, 3.63) is 34.9 Å². The monoisotopic (exact) mass is 211 g/mol. The van der Waals surface area contributed by atoms with E-state index in [-0.39, 0.29) is 6.07 Å². The second-order valence-corrected chi connectivity index (χ2v) is 2.27. The van der Waals surface area contributed by atoms with Gasteiger partial charge in [-0.2, -0.15) is 5.54 Å². The van der Waals surface area contributed by atoms with E-state index in [1.165, 1.54) is 0 Å². The van der Waals surface area contributed by atoms with Crippen LogP contribution in [0.25, 0.3) is 0 Å². The van der Waals surface area contributed by atoms with Gasteiger partial charge in [-0.05, 0) is 6.07 Å². The SMILES string of the molecule is O=C(NF)c1cc(F)c(F)c(F)c1F. The smallest absolute Gasteiger partial charge is 0.267 e. The minimum absolute atomic E-state index is 0.0582. The van der Waals surface area contributed by atoms with E-state index >= 15 is 0 Å². The molecule has 14 heavy (non-hydrogen) atoms. The Balaban J connectivity index is 3.40. The first-order valence-corrected chi connectivity index (χ1v) is 3.23. The molecule has 1 N–H and O–H groups in total. The Labute approximate surface area is 74.3 Å². The predicted octanol–water partition coefficient (Wildman–Crippen LogP) is 1.86. The Morgan fingerprint density at radius 2 is 1.64 bits per heavy atom. The topological polar surface area (TPSA) is 29.1 Å². The lowest BCUT2D eigenvalue weighted by atomic mass is 10.2. The standard InChI is InChI=1S/C7H2F5NO/c8-3-1-2(7(14)13-12)4(9)6(11)5(3)10/h1H,(H,13,14). The second-order valence-electron chi connectivity index (χ2n) is 2.27. The van der Waals surface area contributed by atoms with Gasteiger partial charge in [-0.1, -0.05) is 4.48 Å². The molecule has 0 atom stereocenters. The van der Waals surface area contributed by atoms with Crippen molar-refractivity contribution in [3.63, 3.8) is 0 Å². The molecular weight excluding hydrogens is 209 g/mol. The van der Waals surface area contributed by atoms with Gasteiger partial charge in [0.25, 0.3) is 5.91 Å². The van der Waals surface area contributed by atoms with E-state index < -0.39 is 34.7 Å². The molecule has 1 aromatic carbocycles. The number of carbonyl (C=O) groups excluding carboxylic acids is 1. The van der Waals surface area contributed by atoms with Crippen molar-refractivity contribution in [1.82, 2.24) is 5.54 Å². The summed E-state index contributed by atoms with van der Waals surface area (Å²) >= 11 is 0. The summed E-state index contributed by atoms with van der Waals surface area (Å²) in [6.07, 6.45) is 0. The van der Waals surface area contributed by atoms with Crippen LogP contribution < -0.4 is 5.54 Å². The van der Waals surface area contributed by atoms with Crippen molar-refractivity contribution in [1.29, 1.82) is 0 Å². The molecule has 0 aromatic heterocycles. The fraction of sp³-hybridized carbons (Fsp3) is 0. The van der Waals surface area contributed by atoms with Crippen LogP contribution >= 0.6 is 0 Å². The van der Waals surface area contributed by atoms with Crippen molar-refractivity contribution in [3.8, 4) is 0 Å². The molecule has 0 aliphatic heterocycles. The van der Waals surface area contributed by atoms with Crippen molar-refractivity contribution in [2.75, 3.05) is 0 Å². The molecule has 1 amide bonds. The lowest BCUT2D eigenvalue weighted by Gasteiger charge is -2.02. The second kappa shape index (κ2) is 3.60. The maximum Gasteiger partial charge on any atom is 0.282 e. The molecule has 0 unspecified atom stereocenters. The summed E-state index contributed by atoms with van der Waals surface area (Å²) in [6.45, 7) is 0. The molecule has 76 valence electrons. The highest BCUT2D eigenvalue weighted by Crippen LogP contribution is 2.18. The minimum atomic E-state index is -2.16. The van der Waals surface area contributed by atoms with Gasteiger partial charge in [0.1, 0.15) is 0 Å². The van der Waals surface area contributed by atoms with E-state index in [1.807, 2.05) is 0 Å². The number of hydrogen-bond acceptors (Lipinski definition) is 1. The van der Waals surface area contributed by atoms with Gasteiger partial charge >= 0.3 is 0 Å². The minimum Gasteiger partial charge on any atom is -0.267 e. The molecule has 0 bridgehead atoms. The molecule has 7 heteroatoms. The highest BCUT2D eigenvalue weighted by molar-refractivity contribution is 5.93. The quantitative estimate of drug-likeness (QED) is 0.326. The van der Waals surface area contributed by atoms with Crippen LogP contribution in [0.5, 0.6) is 0 Å². The van der Waals surface area contributed by atoms with Gasteiger partial charge < -0.3 is 0 Å². The number of carbonyl (C=O) groups is 1. The summed E-state index contributed by atoms with van der Waals surface area (Å²) in [5, 5.41) is 0. The van der Waals surface area contributed by atoms with Gasteiger partial charge in [0, 0.05) is 0 Å². The summed E-state index contributed by atoms with van der Waals surface area (Å²) in [5.74, 6) is -9.64. The van der Waals surface area contributed by atoms with E-state index in [1.54, 1.807) is 0 Å². The number of benzene rings is 1. The Morgan fingerprint density at radius 3 is 2.14 bits per heavy atom. The highest BCUT2D eigenvalue weighted by atomic mass is 19.2. The lowest BCUT2D eigenvalue weighted by molar-refractivity contribution is 0.0853. The largest absolute Gasteiger partial charge is 0.282 e. The van der Waals surface area contributed by atoms with E-state index in [9.17, 15) is 26.8 Å². The van der Waals surface area contributed by atoms with E-state index in [0.717, 1.165) is 0 Å². The molecule has 2 nitrogen and oxygen atoms in total. The van der Waals surface area contributed by atoms with Crippen LogP contribution in [0, 0.1) is 23.3 Å². The van der Waals surface area contributed by atoms with Gasteiger partial charge in [0.2, 0.25) is 0 Å². The van der Waals surface area contributed by atoms with Crippen molar-refractivity contribution in [2.45, 2.75) is 0 Å². The first-order valence-electron chi connectivity index (χ1n) is 3.23. The molecular formula is C7H2F5NO. The number of halogens is 5. The summed E-state index contributed by atoms with van der Waals surface area (Å²) < 4.78 is 61.4. The number of amides is 1. The number of hydrogen-bond donors (Lipinski definition) is 1. The van der Waals surface area contributed by atoms with Crippen LogP contribution in [0.3, 0.4) is 0 Å². The van der Waals surface area contributed by atoms with E-state index in [2.05, 4.69) is 0 Å². The summed E-state index contributed by atoms with van der Waals surface area (Å²) in [6, 6.07) is 0.0582. The van der Waals surface area contributed by atoms with Crippen LogP contribution in [0.4, 0.5) is 22.0 Å². The predicted molar refractivity (Wildman–Crippen MR) is 34.8 cm³/mol. The fourth-order valence-electron chi connectivity index (χ4n) is 0.789. The molecule has 0 aliphatic carbocycles. The Kier molecular flexibility index (Phi) is 2.68. The third kappa shape index (κ3) is 1.52.